The Morgan fingerprint density at radius 1 is 0.292 bits per heavy atom. The highest BCUT2D eigenvalue weighted by Crippen LogP contribution is 2.45. The Bertz CT molecular complexity index is 1890. The van der Waals surface area contributed by atoms with E-state index < -0.39 is 97.5 Å². The van der Waals surface area contributed by atoms with Crippen LogP contribution in [0.5, 0.6) is 0 Å². The van der Waals surface area contributed by atoms with Crippen molar-refractivity contribution in [2.75, 3.05) is 39.6 Å². The molecule has 0 aliphatic carbocycles. The Hall–Kier alpha value is -1.94. The minimum Gasteiger partial charge on any atom is -0.462 e. The van der Waals surface area contributed by atoms with Gasteiger partial charge in [0.05, 0.1) is 26.4 Å². The van der Waals surface area contributed by atoms with E-state index in [1.54, 1.807) is 0 Å². The summed E-state index contributed by atoms with van der Waals surface area (Å²) in [6.07, 6.45) is 51.5. The molecule has 96 heavy (non-hydrogen) atoms. The second-order valence-electron chi connectivity index (χ2n) is 29.2. The van der Waals surface area contributed by atoms with Gasteiger partial charge in [0.25, 0.3) is 0 Å². The average Bonchev–Trinajstić information content (AvgIpc) is 1.97. The van der Waals surface area contributed by atoms with Gasteiger partial charge in [-0.3, -0.25) is 37.3 Å². The molecule has 7 atom stereocenters. The van der Waals surface area contributed by atoms with E-state index in [1.807, 2.05) is 0 Å². The molecule has 570 valence electrons. The molecule has 19 heteroatoms. The number of hydrogen-bond donors (Lipinski definition) is 3. The Morgan fingerprint density at radius 2 is 0.500 bits per heavy atom. The summed E-state index contributed by atoms with van der Waals surface area (Å²) in [5.41, 5.74) is 0. The van der Waals surface area contributed by atoms with Crippen LogP contribution in [0.15, 0.2) is 0 Å². The van der Waals surface area contributed by atoms with Crippen molar-refractivity contribution in [3.8, 4) is 0 Å². The number of rotatable bonds is 74. The summed E-state index contributed by atoms with van der Waals surface area (Å²) in [5, 5.41) is 10.6. The molecule has 0 aliphatic rings. The lowest BCUT2D eigenvalue weighted by Gasteiger charge is -2.21. The standard InChI is InChI=1S/C77H150O17P2/c1-9-69(7)55-47-39-33-35-41-49-57-74(79)87-63-72(93-76(81)59-51-43-31-27-23-18-16-14-12-11-13-15-17-21-25-29-37-45-53-67(3)4)65-91-95(83,84)89-61-71(78)62-90-96(85,86)92-66-73(64-88-75(80)58-50-42-36-34-40-48-56-70(8)10-2)94-77(82)60-52-44-32-28-24-20-19-22-26-30-38-46-54-68(5)6/h67-73,78H,9-66H2,1-8H3,(H,83,84)(H,85,86)/t69?,70?,71-,72-,73-/m1/s1. The molecular formula is C77H150O17P2. The van der Waals surface area contributed by atoms with Crippen molar-refractivity contribution in [3.05, 3.63) is 0 Å². The second-order valence-corrected chi connectivity index (χ2v) is 32.1. The monoisotopic (exact) mass is 1410 g/mol. The van der Waals surface area contributed by atoms with Crippen LogP contribution in [0.3, 0.4) is 0 Å². The van der Waals surface area contributed by atoms with Gasteiger partial charge in [-0.15, -0.1) is 0 Å². The normalized spacial score (nSPS) is 14.7. The number of esters is 4. The van der Waals surface area contributed by atoms with Crippen LogP contribution in [-0.4, -0.2) is 96.7 Å². The van der Waals surface area contributed by atoms with Crippen molar-refractivity contribution in [2.45, 2.75) is 408 Å². The highest BCUT2D eigenvalue weighted by molar-refractivity contribution is 7.47. The molecule has 0 bridgehead atoms. The van der Waals surface area contributed by atoms with E-state index in [1.165, 1.54) is 180 Å². The SMILES string of the molecule is CCC(C)CCCCCCCCC(=O)OC[C@H](COP(=O)(O)OC[C@@H](O)COP(=O)(O)OC[C@@H](COC(=O)CCCCCCCCC(C)CC)OC(=O)CCCCCCCCCCCCCCC(C)C)OC(=O)CCCCCCCCCCCCCCCCCCCCC(C)C. The van der Waals surface area contributed by atoms with Crippen molar-refractivity contribution in [3.63, 3.8) is 0 Å². The van der Waals surface area contributed by atoms with Gasteiger partial charge in [0.15, 0.2) is 12.2 Å². The second kappa shape index (κ2) is 66.3. The molecule has 17 nitrogen and oxygen atoms in total. The average molecular weight is 1410 g/mol. The summed E-state index contributed by atoms with van der Waals surface area (Å²) in [7, 11) is -9.91. The van der Waals surface area contributed by atoms with Gasteiger partial charge < -0.3 is 33.8 Å². The molecule has 0 aromatic heterocycles. The zero-order valence-corrected chi connectivity index (χ0v) is 64.8. The molecule has 0 spiro atoms. The van der Waals surface area contributed by atoms with Crippen LogP contribution in [0.2, 0.25) is 0 Å². The maximum atomic E-state index is 13.1. The van der Waals surface area contributed by atoms with Gasteiger partial charge >= 0.3 is 39.5 Å². The van der Waals surface area contributed by atoms with Crippen molar-refractivity contribution >= 4 is 39.5 Å². The first kappa shape index (κ1) is 94.1. The number of unbranched alkanes of at least 4 members (excludes halogenated alkanes) is 38. The van der Waals surface area contributed by atoms with Crippen LogP contribution < -0.4 is 0 Å². The molecule has 0 saturated heterocycles. The first-order valence-electron chi connectivity index (χ1n) is 39.8. The fourth-order valence-electron chi connectivity index (χ4n) is 11.7. The Morgan fingerprint density at radius 3 is 0.740 bits per heavy atom. The van der Waals surface area contributed by atoms with Gasteiger partial charge in [-0.05, 0) is 49.4 Å². The van der Waals surface area contributed by atoms with Gasteiger partial charge in [0.1, 0.15) is 19.3 Å². The summed E-state index contributed by atoms with van der Waals surface area (Å²) in [6, 6.07) is 0. The number of phosphoric acid groups is 2. The van der Waals surface area contributed by atoms with Crippen LogP contribution >= 0.6 is 15.6 Å². The maximum Gasteiger partial charge on any atom is 0.472 e. The van der Waals surface area contributed by atoms with E-state index in [4.69, 9.17) is 37.0 Å². The molecule has 0 aromatic carbocycles. The van der Waals surface area contributed by atoms with Crippen LogP contribution in [0, 0.1) is 23.7 Å². The van der Waals surface area contributed by atoms with Crippen molar-refractivity contribution in [1.82, 2.24) is 0 Å². The summed E-state index contributed by atoms with van der Waals surface area (Å²) in [5.74, 6) is 0.936. The number of carbonyl (C=O) groups excluding carboxylic acids is 4. The third-order valence-electron chi connectivity index (χ3n) is 18.5. The molecule has 3 N–H and O–H groups in total. The summed E-state index contributed by atoms with van der Waals surface area (Å²) in [6.45, 7) is 14.2. The van der Waals surface area contributed by atoms with Gasteiger partial charge in [-0.25, -0.2) is 9.13 Å². The number of phosphoric ester groups is 2. The van der Waals surface area contributed by atoms with Crippen molar-refractivity contribution < 1.29 is 80.2 Å². The fraction of sp³-hybridized carbons (Fsp3) is 0.948. The zero-order valence-electron chi connectivity index (χ0n) is 63.0. The van der Waals surface area contributed by atoms with Gasteiger partial charge in [-0.1, -0.05) is 338 Å². The first-order valence-corrected chi connectivity index (χ1v) is 42.8. The van der Waals surface area contributed by atoms with Gasteiger partial charge in [0, 0.05) is 25.7 Å². The quantitative estimate of drug-likeness (QED) is 0.0222. The Kier molecular flexibility index (Phi) is 65.0. The van der Waals surface area contributed by atoms with Crippen LogP contribution in [-0.2, 0) is 65.4 Å². The molecule has 0 aliphatic heterocycles. The van der Waals surface area contributed by atoms with Crippen LogP contribution in [0.4, 0.5) is 0 Å². The molecule has 0 fully saturated rings. The summed E-state index contributed by atoms with van der Waals surface area (Å²) >= 11 is 0. The van der Waals surface area contributed by atoms with E-state index in [0.29, 0.717) is 25.7 Å². The smallest absolute Gasteiger partial charge is 0.462 e. The number of aliphatic hydroxyl groups is 1. The minimum atomic E-state index is -4.96. The molecule has 0 rings (SSSR count). The number of hydrogen-bond acceptors (Lipinski definition) is 15. The molecule has 0 amide bonds. The highest BCUT2D eigenvalue weighted by atomic mass is 31.2. The lowest BCUT2D eigenvalue weighted by atomic mass is 10.00. The van der Waals surface area contributed by atoms with E-state index in [9.17, 15) is 43.2 Å². The predicted octanol–water partition coefficient (Wildman–Crippen LogP) is 22.4. The van der Waals surface area contributed by atoms with E-state index in [0.717, 1.165) is 126 Å². The van der Waals surface area contributed by atoms with Crippen molar-refractivity contribution in [1.29, 1.82) is 0 Å². The van der Waals surface area contributed by atoms with Crippen LogP contribution in [0.25, 0.3) is 0 Å². The summed E-state index contributed by atoms with van der Waals surface area (Å²) in [4.78, 5) is 72.8. The molecule has 0 heterocycles. The molecule has 0 radical (unpaired) electrons. The topological polar surface area (TPSA) is 237 Å². The third kappa shape index (κ3) is 67.9. The zero-order chi connectivity index (χ0) is 71.0. The highest BCUT2D eigenvalue weighted by Gasteiger charge is 2.30. The summed E-state index contributed by atoms with van der Waals surface area (Å²) < 4.78 is 68.5. The van der Waals surface area contributed by atoms with Gasteiger partial charge in [-0.2, -0.15) is 0 Å². The number of ether oxygens (including phenoxy) is 4. The van der Waals surface area contributed by atoms with E-state index in [-0.39, 0.29) is 25.7 Å². The fourth-order valence-corrected chi connectivity index (χ4v) is 13.2. The predicted molar refractivity (Wildman–Crippen MR) is 391 cm³/mol. The Labute approximate surface area is 588 Å². The maximum absolute atomic E-state index is 13.1. The molecule has 0 aromatic rings. The lowest BCUT2D eigenvalue weighted by molar-refractivity contribution is -0.161. The molecule has 0 saturated carbocycles. The largest absolute Gasteiger partial charge is 0.472 e. The van der Waals surface area contributed by atoms with Gasteiger partial charge in [0.2, 0.25) is 0 Å². The van der Waals surface area contributed by atoms with E-state index >= 15 is 0 Å². The van der Waals surface area contributed by atoms with Crippen molar-refractivity contribution in [2.24, 2.45) is 23.7 Å². The van der Waals surface area contributed by atoms with Crippen LogP contribution in [0.1, 0.15) is 389 Å². The first-order chi connectivity index (χ1) is 46.2. The molecular weight excluding hydrogens is 1260 g/mol. The van der Waals surface area contributed by atoms with E-state index in [2.05, 4.69) is 55.4 Å². The number of aliphatic hydroxyl groups excluding tert-OH is 1. The Balaban J connectivity index is 5.19. The number of carbonyl (C=O) groups is 4. The third-order valence-corrected chi connectivity index (χ3v) is 20.4. The minimum absolute atomic E-state index is 0.105. The molecule has 4 unspecified atom stereocenters. The lowest BCUT2D eigenvalue weighted by Crippen LogP contribution is -2.30.